The Hall–Kier alpha value is -0.770. The number of rotatable bonds is 4. The molecule has 0 spiro atoms. The van der Waals surface area contributed by atoms with Crippen molar-refractivity contribution in [2.24, 2.45) is 10.7 Å². The summed E-state index contributed by atoms with van der Waals surface area (Å²) in [6.07, 6.45) is 2.69. The van der Waals surface area contributed by atoms with Crippen LogP contribution in [0.2, 0.25) is 0 Å². The molecule has 1 aliphatic heterocycles. The van der Waals surface area contributed by atoms with Gasteiger partial charge in [0.2, 0.25) is 0 Å². The highest BCUT2D eigenvalue weighted by Gasteiger charge is 2.12. The molecule has 0 saturated carbocycles. The number of nitrogens with two attached hydrogens (primary N) is 1. The number of likely N-dealkylation sites (N-methyl/N-ethyl adjacent to an activating group) is 1. The van der Waals surface area contributed by atoms with E-state index in [-0.39, 0.29) is 6.04 Å². The van der Waals surface area contributed by atoms with Gasteiger partial charge >= 0.3 is 0 Å². The minimum Gasteiger partial charge on any atom is -0.370 e. The van der Waals surface area contributed by atoms with Crippen LogP contribution in [0.3, 0.4) is 0 Å². The summed E-state index contributed by atoms with van der Waals surface area (Å²) in [6, 6.07) is 0.277. The standard InChI is InChI=1S/C11H24N4/c1-10(2)13-11(12)14(3)8-9-15-6-4-5-7-15/h10H,4-9H2,1-3H3,(H2,12,13). The maximum absolute atomic E-state index is 5.86. The molecule has 1 aliphatic rings. The van der Waals surface area contributed by atoms with Crippen molar-refractivity contribution >= 4 is 5.96 Å². The first kappa shape index (κ1) is 12.3. The molecule has 2 N–H and O–H groups in total. The molecule has 0 aromatic rings. The van der Waals surface area contributed by atoms with Gasteiger partial charge in [-0.2, -0.15) is 0 Å². The summed E-state index contributed by atoms with van der Waals surface area (Å²) >= 11 is 0. The molecule has 0 unspecified atom stereocenters. The zero-order valence-electron chi connectivity index (χ0n) is 10.2. The Morgan fingerprint density at radius 1 is 1.40 bits per heavy atom. The van der Waals surface area contributed by atoms with Gasteiger partial charge in [0.15, 0.2) is 5.96 Å². The zero-order valence-corrected chi connectivity index (χ0v) is 10.2. The zero-order chi connectivity index (χ0) is 11.3. The van der Waals surface area contributed by atoms with Crippen LogP contribution < -0.4 is 5.73 Å². The fourth-order valence-corrected chi connectivity index (χ4v) is 1.78. The van der Waals surface area contributed by atoms with Crippen molar-refractivity contribution < 1.29 is 0 Å². The first-order valence-electron chi connectivity index (χ1n) is 5.86. The molecule has 0 amide bonds. The van der Waals surface area contributed by atoms with Gasteiger partial charge < -0.3 is 15.5 Å². The largest absolute Gasteiger partial charge is 0.370 e. The van der Waals surface area contributed by atoms with E-state index < -0.39 is 0 Å². The molecule has 0 aromatic carbocycles. The summed E-state index contributed by atoms with van der Waals surface area (Å²) in [5, 5.41) is 0. The maximum atomic E-state index is 5.86. The van der Waals surface area contributed by atoms with Crippen LogP contribution in [-0.4, -0.2) is 55.0 Å². The molecule has 1 heterocycles. The van der Waals surface area contributed by atoms with Crippen LogP contribution in [0.5, 0.6) is 0 Å². The summed E-state index contributed by atoms with van der Waals surface area (Å²) in [6.45, 7) is 8.65. The van der Waals surface area contributed by atoms with Crippen molar-refractivity contribution in [3.8, 4) is 0 Å². The molecular weight excluding hydrogens is 188 g/mol. The fourth-order valence-electron chi connectivity index (χ4n) is 1.78. The fraction of sp³-hybridized carbons (Fsp3) is 0.909. The minimum atomic E-state index is 0.277. The smallest absolute Gasteiger partial charge is 0.191 e. The van der Waals surface area contributed by atoms with Gasteiger partial charge in [-0.3, -0.25) is 4.99 Å². The van der Waals surface area contributed by atoms with Crippen LogP contribution in [0, 0.1) is 0 Å². The number of guanidine groups is 1. The first-order chi connectivity index (χ1) is 7.09. The summed E-state index contributed by atoms with van der Waals surface area (Å²) in [5.41, 5.74) is 5.86. The first-order valence-corrected chi connectivity index (χ1v) is 5.86. The van der Waals surface area contributed by atoms with Crippen LogP contribution in [0.15, 0.2) is 4.99 Å². The van der Waals surface area contributed by atoms with E-state index in [1.165, 1.54) is 25.9 Å². The van der Waals surface area contributed by atoms with Gasteiger partial charge in [-0.25, -0.2) is 0 Å². The summed E-state index contributed by atoms with van der Waals surface area (Å²) in [7, 11) is 2.01. The Balaban J connectivity index is 2.25. The third-order valence-electron chi connectivity index (χ3n) is 2.73. The second-order valence-electron chi connectivity index (χ2n) is 4.55. The highest BCUT2D eigenvalue weighted by molar-refractivity contribution is 5.77. The Labute approximate surface area is 93.1 Å². The lowest BCUT2D eigenvalue weighted by Crippen LogP contribution is -2.39. The normalized spacial score (nSPS) is 18.8. The monoisotopic (exact) mass is 212 g/mol. The number of likely N-dealkylation sites (tertiary alicyclic amines) is 1. The lowest BCUT2D eigenvalue weighted by atomic mass is 10.4. The molecule has 0 aromatic heterocycles. The summed E-state index contributed by atoms with van der Waals surface area (Å²) in [4.78, 5) is 8.85. The van der Waals surface area contributed by atoms with E-state index in [1.807, 2.05) is 25.8 Å². The summed E-state index contributed by atoms with van der Waals surface area (Å²) in [5.74, 6) is 0.657. The number of aliphatic imine (C=N–C) groups is 1. The lowest BCUT2D eigenvalue weighted by Gasteiger charge is -2.22. The van der Waals surface area contributed by atoms with Gasteiger partial charge in [0, 0.05) is 26.2 Å². The predicted octanol–water partition coefficient (Wildman–Crippen LogP) is 0.737. The number of nitrogens with zero attached hydrogens (tertiary/aromatic N) is 3. The Kier molecular flexibility index (Phi) is 4.88. The van der Waals surface area contributed by atoms with Crippen molar-refractivity contribution in [2.45, 2.75) is 32.7 Å². The second kappa shape index (κ2) is 5.95. The quantitative estimate of drug-likeness (QED) is 0.552. The molecule has 4 nitrogen and oxygen atoms in total. The van der Waals surface area contributed by atoms with Crippen molar-refractivity contribution in [1.82, 2.24) is 9.80 Å². The molecule has 1 fully saturated rings. The lowest BCUT2D eigenvalue weighted by molar-refractivity contribution is 0.306. The molecular formula is C11H24N4. The van der Waals surface area contributed by atoms with Crippen molar-refractivity contribution in [1.29, 1.82) is 0 Å². The minimum absolute atomic E-state index is 0.277. The molecule has 88 valence electrons. The third kappa shape index (κ3) is 4.51. The van der Waals surface area contributed by atoms with E-state index in [0.717, 1.165) is 13.1 Å². The van der Waals surface area contributed by atoms with Gasteiger partial charge in [-0.05, 0) is 39.8 Å². The highest BCUT2D eigenvalue weighted by Crippen LogP contribution is 2.06. The maximum Gasteiger partial charge on any atom is 0.191 e. The predicted molar refractivity (Wildman–Crippen MR) is 65.1 cm³/mol. The van der Waals surface area contributed by atoms with Gasteiger partial charge in [-0.15, -0.1) is 0 Å². The van der Waals surface area contributed by atoms with E-state index in [4.69, 9.17) is 5.73 Å². The molecule has 0 bridgehead atoms. The van der Waals surface area contributed by atoms with E-state index in [1.54, 1.807) is 0 Å². The van der Waals surface area contributed by atoms with Gasteiger partial charge in [0.1, 0.15) is 0 Å². The van der Waals surface area contributed by atoms with Crippen LogP contribution >= 0.6 is 0 Å². The van der Waals surface area contributed by atoms with Gasteiger partial charge in [0.05, 0.1) is 0 Å². The van der Waals surface area contributed by atoms with E-state index in [9.17, 15) is 0 Å². The van der Waals surface area contributed by atoms with Gasteiger partial charge in [-0.1, -0.05) is 0 Å². The van der Waals surface area contributed by atoms with E-state index in [2.05, 4.69) is 9.89 Å². The highest BCUT2D eigenvalue weighted by atomic mass is 15.3. The molecule has 0 radical (unpaired) electrons. The summed E-state index contributed by atoms with van der Waals surface area (Å²) < 4.78 is 0. The number of hydrogen-bond donors (Lipinski definition) is 1. The van der Waals surface area contributed by atoms with Crippen molar-refractivity contribution in [3.63, 3.8) is 0 Å². The van der Waals surface area contributed by atoms with Crippen LogP contribution in [0.25, 0.3) is 0 Å². The molecule has 0 aliphatic carbocycles. The Morgan fingerprint density at radius 3 is 2.53 bits per heavy atom. The molecule has 1 rings (SSSR count). The number of hydrogen-bond acceptors (Lipinski definition) is 2. The van der Waals surface area contributed by atoms with Crippen molar-refractivity contribution in [3.05, 3.63) is 0 Å². The third-order valence-corrected chi connectivity index (χ3v) is 2.73. The topological polar surface area (TPSA) is 44.9 Å². The van der Waals surface area contributed by atoms with E-state index >= 15 is 0 Å². The molecule has 4 heteroatoms. The van der Waals surface area contributed by atoms with Crippen molar-refractivity contribution in [2.75, 3.05) is 33.2 Å². The average molecular weight is 212 g/mol. The van der Waals surface area contributed by atoms with Gasteiger partial charge in [0.25, 0.3) is 0 Å². The Bertz CT molecular complexity index is 207. The SMILES string of the molecule is CC(C)N=C(N)N(C)CCN1CCCC1. The van der Waals surface area contributed by atoms with Crippen LogP contribution in [0.4, 0.5) is 0 Å². The average Bonchev–Trinajstić information content (AvgIpc) is 2.65. The van der Waals surface area contributed by atoms with E-state index in [0.29, 0.717) is 5.96 Å². The Morgan fingerprint density at radius 2 is 2.00 bits per heavy atom. The van der Waals surface area contributed by atoms with Crippen LogP contribution in [-0.2, 0) is 0 Å². The van der Waals surface area contributed by atoms with Crippen LogP contribution in [0.1, 0.15) is 26.7 Å². The molecule has 1 saturated heterocycles. The second-order valence-corrected chi connectivity index (χ2v) is 4.55. The molecule has 0 atom stereocenters. The molecule has 15 heavy (non-hydrogen) atoms.